The molecule has 0 radical (unpaired) electrons. The SMILES string of the molecule is CC1CCCN(CCC(=O)Nc2cccc(C#N)c2)CC1. The number of carbonyl (C=O) groups is 1. The monoisotopic (exact) mass is 285 g/mol. The smallest absolute Gasteiger partial charge is 0.225 e. The summed E-state index contributed by atoms with van der Waals surface area (Å²) in [6, 6.07) is 9.10. The van der Waals surface area contributed by atoms with Crippen LogP contribution in [0.3, 0.4) is 0 Å². The number of benzene rings is 1. The molecule has 2 rings (SSSR count). The van der Waals surface area contributed by atoms with Crippen molar-refractivity contribution in [2.45, 2.75) is 32.6 Å². The van der Waals surface area contributed by atoms with Crippen LogP contribution < -0.4 is 5.32 Å². The molecule has 1 heterocycles. The molecule has 1 atom stereocenters. The van der Waals surface area contributed by atoms with Gasteiger partial charge < -0.3 is 10.2 Å². The number of hydrogen-bond donors (Lipinski definition) is 1. The lowest BCUT2D eigenvalue weighted by Gasteiger charge is -2.19. The van der Waals surface area contributed by atoms with Crippen LogP contribution in [0.5, 0.6) is 0 Å². The molecule has 1 amide bonds. The predicted molar refractivity (Wildman–Crippen MR) is 83.9 cm³/mol. The fourth-order valence-electron chi connectivity index (χ4n) is 2.70. The summed E-state index contributed by atoms with van der Waals surface area (Å²) < 4.78 is 0. The van der Waals surface area contributed by atoms with Gasteiger partial charge in [-0.05, 0) is 56.5 Å². The van der Waals surface area contributed by atoms with Gasteiger partial charge in [0.25, 0.3) is 0 Å². The number of rotatable bonds is 4. The summed E-state index contributed by atoms with van der Waals surface area (Å²) in [5.41, 5.74) is 1.26. The van der Waals surface area contributed by atoms with E-state index in [0.29, 0.717) is 17.7 Å². The molecule has 4 nitrogen and oxygen atoms in total. The second-order valence-corrected chi connectivity index (χ2v) is 5.87. The third kappa shape index (κ3) is 5.20. The van der Waals surface area contributed by atoms with Crippen LogP contribution in [0, 0.1) is 17.2 Å². The zero-order chi connectivity index (χ0) is 15.1. The van der Waals surface area contributed by atoms with Gasteiger partial charge in [-0.1, -0.05) is 13.0 Å². The van der Waals surface area contributed by atoms with Gasteiger partial charge >= 0.3 is 0 Å². The highest BCUT2D eigenvalue weighted by atomic mass is 16.1. The maximum absolute atomic E-state index is 12.0. The Kier molecular flexibility index (Phi) is 5.77. The number of nitrogens with one attached hydrogen (secondary N) is 1. The summed E-state index contributed by atoms with van der Waals surface area (Å²) in [5, 5.41) is 11.7. The minimum atomic E-state index is 0.0161. The summed E-state index contributed by atoms with van der Waals surface area (Å²) in [5.74, 6) is 0.819. The minimum Gasteiger partial charge on any atom is -0.326 e. The molecule has 1 aliphatic heterocycles. The summed E-state index contributed by atoms with van der Waals surface area (Å²) >= 11 is 0. The molecule has 1 N–H and O–H groups in total. The van der Waals surface area contributed by atoms with E-state index in [4.69, 9.17) is 5.26 Å². The van der Waals surface area contributed by atoms with Gasteiger partial charge in [-0.2, -0.15) is 5.26 Å². The zero-order valence-corrected chi connectivity index (χ0v) is 12.6. The third-order valence-corrected chi connectivity index (χ3v) is 4.04. The highest BCUT2D eigenvalue weighted by Gasteiger charge is 2.14. The molecular weight excluding hydrogens is 262 g/mol. The Morgan fingerprint density at radius 1 is 1.43 bits per heavy atom. The van der Waals surface area contributed by atoms with Gasteiger partial charge in [-0.15, -0.1) is 0 Å². The third-order valence-electron chi connectivity index (χ3n) is 4.04. The average molecular weight is 285 g/mol. The Balaban J connectivity index is 1.78. The van der Waals surface area contributed by atoms with Crippen molar-refractivity contribution in [3.63, 3.8) is 0 Å². The van der Waals surface area contributed by atoms with E-state index in [1.807, 2.05) is 6.07 Å². The maximum Gasteiger partial charge on any atom is 0.225 e. The molecule has 1 saturated heterocycles. The molecule has 0 bridgehead atoms. The Bertz CT molecular complexity index is 521. The van der Waals surface area contributed by atoms with Gasteiger partial charge in [-0.25, -0.2) is 0 Å². The second-order valence-electron chi connectivity index (χ2n) is 5.87. The maximum atomic E-state index is 12.0. The van der Waals surface area contributed by atoms with E-state index in [-0.39, 0.29) is 5.91 Å². The van der Waals surface area contributed by atoms with Crippen LogP contribution in [-0.4, -0.2) is 30.4 Å². The van der Waals surface area contributed by atoms with Crippen molar-refractivity contribution in [1.82, 2.24) is 4.90 Å². The first kappa shape index (κ1) is 15.5. The lowest BCUT2D eigenvalue weighted by Crippen LogP contribution is -2.29. The number of nitrogens with zero attached hydrogens (tertiary/aromatic N) is 2. The number of carbonyl (C=O) groups excluding carboxylic acids is 1. The van der Waals surface area contributed by atoms with E-state index >= 15 is 0 Å². The highest BCUT2D eigenvalue weighted by molar-refractivity contribution is 5.90. The molecule has 1 aliphatic rings. The van der Waals surface area contributed by atoms with Gasteiger partial charge in [0.15, 0.2) is 0 Å². The van der Waals surface area contributed by atoms with Crippen LogP contribution in [0.2, 0.25) is 0 Å². The standard InChI is InChI=1S/C17H23N3O/c1-14-4-3-9-20(10-7-14)11-8-17(21)19-16-6-2-5-15(12-16)13-18/h2,5-6,12,14H,3-4,7-11H2,1H3,(H,19,21). The number of hydrogen-bond acceptors (Lipinski definition) is 3. The molecule has 1 fully saturated rings. The van der Waals surface area contributed by atoms with E-state index in [0.717, 1.165) is 25.6 Å². The van der Waals surface area contributed by atoms with Gasteiger partial charge in [0.05, 0.1) is 11.6 Å². The average Bonchev–Trinajstić information content (AvgIpc) is 2.70. The number of anilines is 1. The van der Waals surface area contributed by atoms with Crippen molar-refractivity contribution in [3.8, 4) is 6.07 Å². The fourth-order valence-corrected chi connectivity index (χ4v) is 2.70. The molecule has 0 saturated carbocycles. The second kappa shape index (κ2) is 7.80. The van der Waals surface area contributed by atoms with Crippen molar-refractivity contribution in [1.29, 1.82) is 5.26 Å². The van der Waals surface area contributed by atoms with Crippen molar-refractivity contribution < 1.29 is 4.79 Å². The van der Waals surface area contributed by atoms with Crippen molar-refractivity contribution >= 4 is 11.6 Å². The molecule has 0 spiro atoms. The molecule has 1 unspecified atom stereocenters. The first-order valence-electron chi connectivity index (χ1n) is 7.70. The molecule has 0 aromatic heterocycles. The van der Waals surface area contributed by atoms with E-state index in [1.165, 1.54) is 19.3 Å². The zero-order valence-electron chi connectivity index (χ0n) is 12.6. The van der Waals surface area contributed by atoms with Crippen LogP contribution in [0.4, 0.5) is 5.69 Å². The molecule has 1 aromatic rings. The van der Waals surface area contributed by atoms with Crippen LogP contribution in [0.15, 0.2) is 24.3 Å². The Morgan fingerprint density at radius 3 is 3.10 bits per heavy atom. The predicted octanol–water partition coefficient (Wildman–Crippen LogP) is 3.01. The normalized spacial score (nSPS) is 19.5. The Morgan fingerprint density at radius 2 is 2.29 bits per heavy atom. The van der Waals surface area contributed by atoms with E-state index < -0.39 is 0 Å². The summed E-state index contributed by atoms with van der Waals surface area (Å²) in [7, 11) is 0. The van der Waals surface area contributed by atoms with Gasteiger partial charge in [0.1, 0.15) is 0 Å². The number of amides is 1. The molecule has 0 aliphatic carbocycles. The fraction of sp³-hybridized carbons (Fsp3) is 0.529. The van der Waals surface area contributed by atoms with Gasteiger partial charge in [-0.3, -0.25) is 4.79 Å². The molecule has 4 heteroatoms. The van der Waals surface area contributed by atoms with Crippen molar-refractivity contribution in [2.24, 2.45) is 5.92 Å². The Hall–Kier alpha value is -1.86. The van der Waals surface area contributed by atoms with Gasteiger partial charge in [0.2, 0.25) is 5.91 Å². The van der Waals surface area contributed by atoms with E-state index in [9.17, 15) is 4.79 Å². The molecule has 112 valence electrons. The summed E-state index contributed by atoms with van der Waals surface area (Å²) in [6.07, 6.45) is 4.26. The van der Waals surface area contributed by atoms with Crippen LogP contribution in [-0.2, 0) is 4.79 Å². The molecule has 21 heavy (non-hydrogen) atoms. The van der Waals surface area contributed by atoms with Crippen LogP contribution in [0.1, 0.15) is 38.2 Å². The topological polar surface area (TPSA) is 56.1 Å². The lowest BCUT2D eigenvalue weighted by atomic mass is 10.0. The number of nitriles is 1. The first-order chi connectivity index (χ1) is 10.2. The quantitative estimate of drug-likeness (QED) is 0.925. The molecule has 1 aromatic carbocycles. The van der Waals surface area contributed by atoms with E-state index in [1.54, 1.807) is 18.2 Å². The summed E-state index contributed by atoms with van der Waals surface area (Å²) in [4.78, 5) is 14.4. The molecular formula is C17H23N3O. The highest BCUT2D eigenvalue weighted by Crippen LogP contribution is 2.16. The largest absolute Gasteiger partial charge is 0.326 e. The van der Waals surface area contributed by atoms with Crippen LogP contribution >= 0.6 is 0 Å². The van der Waals surface area contributed by atoms with Crippen molar-refractivity contribution in [3.05, 3.63) is 29.8 Å². The Labute approximate surface area is 126 Å². The van der Waals surface area contributed by atoms with E-state index in [2.05, 4.69) is 23.2 Å². The van der Waals surface area contributed by atoms with Crippen molar-refractivity contribution in [2.75, 3.05) is 25.0 Å². The minimum absolute atomic E-state index is 0.0161. The summed E-state index contributed by atoms with van der Waals surface area (Å²) in [6.45, 7) is 5.31. The van der Waals surface area contributed by atoms with Crippen LogP contribution in [0.25, 0.3) is 0 Å². The van der Waals surface area contributed by atoms with Gasteiger partial charge in [0, 0.05) is 18.7 Å². The first-order valence-corrected chi connectivity index (χ1v) is 7.70. The number of likely N-dealkylation sites (tertiary alicyclic amines) is 1. The lowest BCUT2D eigenvalue weighted by molar-refractivity contribution is -0.116.